The number of amides is 2. The van der Waals surface area contributed by atoms with Crippen LogP contribution in [-0.2, 0) is 9.53 Å². The fraction of sp³-hybridized carbons (Fsp3) is 0.235. The van der Waals surface area contributed by atoms with Gasteiger partial charge in [-0.15, -0.1) is 0 Å². The van der Waals surface area contributed by atoms with Crippen molar-refractivity contribution in [2.24, 2.45) is 0 Å². The third-order valence-corrected chi connectivity index (χ3v) is 3.72. The van der Waals surface area contributed by atoms with Gasteiger partial charge in [0.2, 0.25) is 5.91 Å². The molecule has 132 valence electrons. The van der Waals surface area contributed by atoms with Crippen LogP contribution >= 0.6 is 11.6 Å². The Morgan fingerprint density at radius 2 is 2.04 bits per heavy atom. The van der Waals surface area contributed by atoms with Gasteiger partial charge in [-0.05, 0) is 30.3 Å². The molecule has 0 fully saturated rings. The van der Waals surface area contributed by atoms with E-state index in [4.69, 9.17) is 16.0 Å². The topological polar surface area (TPSA) is 88.8 Å². The van der Waals surface area contributed by atoms with Crippen LogP contribution in [-0.4, -0.2) is 38.0 Å². The van der Waals surface area contributed by atoms with Gasteiger partial charge < -0.3 is 19.4 Å². The normalized spacial score (nSPS) is 10.2. The minimum Gasteiger partial charge on any atom is -0.465 e. The maximum Gasteiger partial charge on any atom is 0.337 e. The summed E-state index contributed by atoms with van der Waals surface area (Å²) >= 11 is 6.16. The van der Waals surface area contributed by atoms with E-state index in [1.165, 1.54) is 49.5 Å². The number of nitrogens with one attached hydrogen (secondary N) is 1. The summed E-state index contributed by atoms with van der Waals surface area (Å²) in [7, 11) is 1.27. The number of rotatable bonds is 6. The van der Waals surface area contributed by atoms with E-state index in [1.807, 2.05) is 0 Å². The fourth-order valence-electron chi connectivity index (χ4n) is 2.19. The Labute approximate surface area is 149 Å². The first kappa shape index (κ1) is 18.5. The molecule has 0 spiro atoms. The number of carbonyl (C=O) groups is 3. The number of nitrogens with zero attached hydrogens (tertiary/aromatic N) is 1. The second-order valence-electron chi connectivity index (χ2n) is 5.06. The zero-order chi connectivity index (χ0) is 18.4. The van der Waals surface area contributed by atoms with E-state index in [-0.39, 0.29) is 36.2 Å². The number of hydrogen-bond acceptors (Lipinski definition) is 5. The molecule has 2 aromatic rings. The van der Waals surface area contributed by atoms with Gasteiger partial charge in [0.05, 0.1) is 29.6 Å². The molecule has 0 bridgehead atoms. The summed E-state index contributed by atoms with van der Waals surface area (Å²) in [6, 6.07) is 7.64. The molecule has 0 unspecified atom stereocenters. The molecule has 0 aliphatic rings. The second kappa shape index (κ2) is 8.34. The summed E-state index contributed by atoms with van der Waals surface area (Å²) in [5, 5.41) is 2.95. The van der Waals surface area contributed by atoms with Gasteiger partial charge in [-0.2, -0.15) is 0 Å². The molecule has 1 aromatic heterocycles. The van der Waals surface area contributed by atoms with E-state index in [0.717, 1.165) is 0 Å². The average molecular weight is 365 g/mol. The molecule has 2 amide bonds. The monoisotopic (exact) mass is 364 g/mol. The standard InChI is InChI=1S/C17H17ClN2O5/c1-11(21)20(8-7-19-16(22)15-4-3-9-25-15)14-10-12(17(23)24-2)5-6-13(14)18/h3-6,9-10H,7-8H2,1-2H3,(H,19,22). The van der Waals surface area contributed by atoms with Crippen LogP contribution in [0.15, 0.2) is 41.0 Å². The number of hydrogen-bond donors (Lipinski definition) is 1. The lowest BCUT2D eigenvalue weighted by Crippen LogP contribution is -2.37. The highest BCUT2D eigenvalue weighted by atomic mass is 35.5. The Kier molecular flexibility index (Phi) is 6.19. The smallest absolute Gasteiger partial charge is 0.337 e. The van der Waals surface area contributed by atoms with E-state index in [2.05, 4.69) is 10.1 Å². The number of ether oxygens (including phenoxy) is 1. The van der Waals surface area contributed by atoms with Crippen molar-refractivity contribution < 1.29 is 23.5 Å². The van der Waals surface area contributed by atoms with E-state index >= 15 is 0 Å². The number of halogens is 1. The van der Waals surface area contributed by atoms with Crippen molar-refractivity contribution in [3.05, 3.63) is 52.9 Å². The van der Waals surface area contributed by atoms with Crippen LogP contribution in [0.4, 0.5) is 5.69 Å². The van der Waals surface area contributed by atoms with Crippen molar-refractivity contribution in [1.29, 1.82) is 0 Å². The minimum absolute atomic E-state index is 0.173. The molecule has 0 aliphatic carbocycles. The van der Waals surface area contributed by atoms with Crippen molar-refractivity contribution in [2.75, 3.05) is 25.1 Å². The van der Waals surface area contributed by atoms with E-state index in [9.17, 15) is 14.4 Å². The Morgan fingerprint density at radius 3 is 2.64 bits per heavy atom. The van der Waals surface area contributed by atoms with Gasteiger partial charge in [0.15, 0.2) is 5.76 Å². The van der Waals surface area contributed by atoms with Crippen molar-refractivity contribution in [3.8, 4) is 0 Å². The molecular weight excluding hydrogens is 348 g/mol. The van der Waals surface area contributed by atoms with Gasteiger partial charge in [0.1, 0.15) is 0 Å². The maximum absolute atomic E-state index is 12.0. The molecule has 0 saturated carbocycles. The Balaban J connectivity index is 2.11. The first-order valence-corrected chi connectivity index (χ1v) is 7.79. The molecule has 1 heterocycles. The number of carbonyl (C=O) groups excluding carboxylic acids is 3. The zero-order valence-electron chi connectivity index (χ0n) is 13.7. The third-order valence-electron chi connectivity index (χ3n) is 3.40. The van der Waals surface area contributed by atoms with Gasteiger partial charge in [0.25, 0.3) is 5.91 Å². The summed E-state index contributed by atoms with van der Waals surface area (Å²) in [6.45, 7) is 1.72. The molecule has 0 saturated heterocycles. The number of esters is 1. The highest BCUT2D eigenvalue weighted by Crippen LogP contribution is 2.27. The van der Waals surface area contributed by atoms with E-state index < -0.39 is 5.97 Å². The number of benzene rings is 1. The number of methoxy groups -OCH3 is 1. The largest absolute Gasteiger partial charge is 0.465 e. The van der Waals surface area contributed by atoms with Crippen LogP contribution in [0.1, 0.15) is 27.8 Å². The van der Waals surface area contributed by atoms with Crippen LogP contribution in [0.25, 0.3) is 0 Å². The molecule has 8 heteroatoms. The molecule has 0 aliphatic heterocycles. The molecule has 2 rings (SSSR count). The fourth-order valence-corrected chi connectivity index (χ4v) is 2.41. The molecule has 1 aromatic carbocycles. The minimum atomic E-state index is -0.535. The van der Waals surface area contributed by atoms with Crippen LogP contribution in [0, 0.1) is 0 Å². The zero-order valence-corrected chi connectivity index (χ0v) is 14.5. The lowest BCUT2D eigenvalue weighted by Gasteiger charge is -2.23. The van der Waals surface area contributed by atoms with Gasteiger partial charge in [-0.3, -0.25) is 9.59 Å². The highest BCUT2D eigenvalue weighted by molar-refractivity contribution is 6.34. The van der Waals surface area contributed by atoms with E-state index in [0.29, 0.717) is 10.7 Å². The van der Waals surface area contributed by atoms with Gasteiger partial charge in [-0.25, -0.2) is 4.79 Å². The highest BCUT2D eigenvalue weighted by Gasteiger charge is 2.18. The first-order chi connectivity index (χ1) is 11.9. The van der Waals surface area contributed by atoms with Crippen LogP contribution < -0.4 is 10.2 Å². The van der Waals surface area contributed by atoms with Crippen molar-refractivity contribution in [3.63, 3.8) is 0 Å². The molecule has 7 nitrogen and oxygen atoms in total. The average Bonchev–Trinajstić information content (AvgIpc) is 3.13. The maximum atomic E-state index is 12.0. The third kappa shape index (κ3) is 4.60. The number of anilines is 1. The predicted molar refractivity (Wildman–Crippen MR) is 91.9 cm³/mol. The molecular formula is C17H17ClN2O5. The second-order valence-corrected chi connectivity index (χ2v) is 5.47. The van der Waals surface area contributed by atoms with Crippen LogP contribution in [0.5, 0.6) is 0 Å². The first-order valence-electron chi connectivity index (χ1n) is 7.41. The number of furan rings is 1. The molecule has 0 radical (unpaired) electrons. The van der Waals surface area contributed by atoms with Gasteiger partial charge in [0, 0.05) is 20.0 Å². The van der Waals surface area contributed by atoms with Crippen molar-refractivity contribution in [1.82, 2.24) is 5.32 Å². The van der Waals surface area contributed by atoms with E-state index in [1.54, 1.807) is 6.07 Å². The summed E-state index contributed by atoms with van der Waals surface area (Å²) in [5.41, 5.74) is 0.636. The Hall–Kier alpha value is -2.80. The molecule has 1 N–H and O–H groups in total. The SMILES string of the molecule is COC(=O)c1ccc(Cl)c(N(CCNC(=O)c2ccco2)C(C)=O)c1. The Morgan fingerprint density at radius 1 is 1.28 bits per heavy atom. The quantitative estimate of drug-likeness (QED) is 0.795. The van der Waals surface area contributed by atoms with Crippen LogP contribution in [0.2, 0.25) is 5.02 Å². The lowest BCUT2D eigenvalue weighted by atomic mass is 10.2. The molecule has 25 heavy (non-hydrogen) atoms. The van der Waals surface area contributed by atoms with Gasteiger partial charge in [-0.1, -0.05) is 11.6 Å². The summed E-state index contributed by atoms with van der Waals surface area (Å²) < 4.78 is 9.67. The van der Waals surface area contributed by atoms with Crippen molar-refractivity contribution in [2.45, 2.75) is 6.92 Å². The summed E-state index contributed by atoms with van der Waals surface area (Å²) in [4.78, 5) is 36.9. The summed E-state index contributed by atoms with van der Waals surface area (Å²) in [5.74, 6) is -1.02. The van der Waals surface area contributed by atoms with Gasteiger partial charge >= 0.3 is 5.97 Å². The molecule has 0 atom stereocenters. The van der Waals surface area contributed by atoms with Crippen LogP contribution in [0.3, 0.4) is 0 Å². The van der Waals surface area contributed by atoms with Crippen molar-refractivity contribution >= 4 is 35.1 Å². The predicted octanol–water partition coefficient (Wildman–Crippen LogP) is 2.50. The Bertz CT molecular complexity index is 773. The summed E-state index contributed by atoms with van der Waals surface area (Å²) in [6.07, 6.45) is 1.40. The lowest BCUT2D eigenvalue weighted by molar-refractivity contribution is -0.116.